The highest BCUT2D eigenvalue weighted by Crippen LogP contribution is 2.25. The van der Waals surface area contributed by atoms with Crippen LogP contribution in [0.1, 0.15) is 52.5 Å². The van der Waals surface area contributed by atoms with Crippen LogP contribution in [0.15, 0.2) is 24.3 Å². The maximum absolute atomic E-state index is 11.5. The fourth-order valence-electron chi connectivity index (χ4n) is 1.66. The average Bonchev–Trinajstić information content (AvgIpc) is 2.34. The van der Waals surface area contributed by atoms with E-state index < -0.39 is 6.16 Å². The Bertz CT molecular complexity index is 405. The highest BCUT2D eigenvalue weighted by Gasteiger charge is 2.15. The summed E-state index contributed by atoms with van der Waals surface area (Å²) in [6.45, 7) is 8.89. The molecule has 0 aliphatic heterocycles. The molecule has 1 aromatic carbocycles. The second-order valence-corrected chi connectivity index (χ2v) is 5.69. The van der Waals surface area contributed by atoms with E-state index in [9.17, 15) is 4.79 Å². The fraction of sp³-hybridized carbons (Fsp3) is 0.562. The average molecular weight is 264 g/mol. The Hall–Kier alpha value is -1.51. The summed E-state index contributed by atoms with van der Waals surface area (Å²) < 4.78 is 10.2. The van der Waals surface area contributed by atoms with E-state index in [1.807, 2.05) is 18.2 Å². The molecule has 0 spiro atoms. The van der Waals surface area contributed by atoms with Crippen molar-refractivity contribution in [2.45, 2.75) is 52.4 Å². The molecule has 0 aromatic heterocycles. The van der Waals surface area contributed by atoms with Gasteiger partial charge in [0, 0.05) is 0 Å². The Morgan fingerprint density at radius 1 is 1.21 bits per heavy atom. The van der Waals surface area contributed by atoms with Gasteiger partial charge in [0.1, 0.15) is 5.75 Å². The molecule has 106 valence electrons. The summed E-state index contributed by atoms with van der Waals surface area (Å²) >= 11 is 0. The van der Waals surface area contributed by atoms with Gasteiger partial charge in [0.05, 0.1) is 6.61 Å². The molecule has 3 heteroatoms. The van der Waals surface area contributed by atoms with Gasteiger partial charge in [-0.25, -0.2) is 4.79 Å². The molecular weight excluding hydrogens is 240 g/mol. The maximum Gasteiger partial charge on any atom is 0.513 e. The van der Waals surface area contributed by atoms with Crippen LogP contribution in [0.5, 0.6) is 5.75 Å². The molecule has 0 saturated carbocycles. The predicted molar refractivity (Wildman–Crippen MR) is 76.6 cm³/mol. The van der Waals surface area contributed by atoms with Gasteiger partial charge in [-0.1, -0.05) is 52.7 Å². The van der Waals surface area contributed by atoms with E-state index in [4.69, 9.17) is 9.47 Å². The van der Waals surface area contributed by atoms with Crippen molar-refractivity contribution >= 4 is 6.16 Å². The zero-order valence-electron chi connectivity index (χ0n) is 12.4. The van der Waals surface area contributed by atoms with Crippen molar-refractivity contribution in [3.8, 4) is 5.75 Å². The molecule has 1 aromatic rings. The highest BCUT2D eigenvalue weighted by atomic mass is 16.7. The molecule has 3 nitrogen and oxygen atoms in total. The minimum atomic E-state index is -0.623. The lowest BCUT2D eigenvalue weighted by atomic mass is 9.87. The number of unbranched alkanes of at least 4 members (excludes halogenated alkanes) is 2. The molecule has 0 N–H and O–H groups in total. The molecule has 0 aliphatic rings. The van der Waals surface area contributed by atoms with Gasteiger partial charge in [0.15, 0.2) is 0 Å². The smallest absolute Gasteiger partial charge is 0.434 e. The van der Waals surface area contributed by atoms with E-state index in [0.29, 0.717) is 12.4 Å². The molecular formula is C16H24O3. The first-order valence-corrected chi connectivity index (χ1v) is 6.88. The molecule has 1 rings (SSSR count). The van der Waals surface area contributed by atoms with E-state index in [0.717, 1.165) is 24.8 Å². The minimum Gasteiger partial charge on any atom is -0.434 e. The van der Waals surface area contributed by atoms with E-state index in [2.05, 4.69) is 27.7 Å². The summed E-state index contributed by atoms with van der Waals surface area (Å²) in [6, 6.07) is 7.57. The van der Waals surface area contributed by atoms with E-state index in [-0.39, 0.29) is 5.41 Å². The van der Waals surface area contributed by atoms with E-state index in [1.54, 1.807) is 6.07 Å². The van der Waals surface area contributed by atoms with Crippen molar-refractivity contribution in [1.29, 1.82) is 0 Å². The Balaban J connectivity index is 2.50. The first-order chi connectivity index (χ1) is 8.93. The number of hydrogen-bond acceptors (Lipinski definition) is 3. The van der Waals surface area contributed by atoms with Gasteiger partial charge in [0.2, 0.25) is 0 Å². The van der Waals surface area contributed by atoms with Crippen LogP contribution in [-0.4, -0.2) is 12.8 Å². The first kappa shape index (κ1) is 15.5. The first-order valence-electron chi connectivity index (χ1n) is 6.88. The van der Waals surface area contributed by atoms with Crippen molar-refractivity contribution in [3.63, 3.8) is 0 Å². The third kappa shape index (κ3) is 5.77. The van der Waals surface area contributed by atoms with Gasteiger partial charge < -0.3 is 9.47 Å². The number of carbonyl (C=O) groups is 1. The zero-order chi connectivity index (χ0) is 14.3. The van der Waals surface area contributed by atoms with Crippen LogP contribution in [0, 0.1) is 0 Å². The van der Waals surface area contributed by atoms with Gasteiger partial charge in [-0.3, -0.25) is 0 Å². The number of rotatable bonds is 5. The van der Waals surface area contributed by atoms with Crippen molar-refractivity contribution in [3.05, 3.63) is 29.8 Å². The molecule has 0 bridgehead atoms. The summed E-state index contributed by atoms with van der Waals surface area (Å²) in [5.74, 6) is 0.535. The standard InChI is InChI=1S/C16H24O3/c1-5-6-7-11-18-15(17)19-14-10-8-9-13(12-14)16(2,3)4/h8-10,12H,5-7,11H2,1-4H3. The van der Waals surface area contributed by atoms with Crippen molar-refractivity contribution in [2.75, 3.05) is 6.61 Å². The summed E-state index contributed by atoms with van der Waals surface area (Å²) in [5.41, 5.74) is 1.16. The number of hydrogen-bond donors (Lipinski definition) is 0. The summed E-state index contributed by atoms with van der Waals surface area (Å²) in [5, 5.41) is 0. The minimum absolute atomic E-state index is 0.0321. The van der Waals surface area contributed by atoms with Crippen molar-refractivity contribution in [1.82, 2.24) is 0 Å². The van der Waals surface area contributed by atoms with Crippen LogP contribution in [-0.2, 0) is 10.2 Å². The summed E-state index contributed by atoms with van der Waals surface area (Å²) in [6.07, 6.45) is 2.43. The number of ether oxygens (including phenoxy) is 2. The Morgan fingerprint density at radius 2 is 1.95 bits per heavy atom. The normalized spacial score (nSPS) is 11.2. The summed E-state index contributed by atoms with van der Waals surface area (Å²) in [4.78, 5) is 11.5. The Kier molecular flexibility index (Phi) is 5.87. The zero-order valence-corrected chi connectivity index (χ0v) is 12.4. The Labute approximate surface area is 115 Å². The van der Waals surface area contributed by atoms with Crippen LogP contribution >= 0.6 is 0 Å². The van der Waals surface area contributed by atoms with Crippen molar-refractivity contribution < 1.29 is 14.3 Å². The lowest BCUT2D eigenvalue weighted by molar-refractivity contribution is 0.0974. The molecule has 0 heterocycles. The Morgan fingerprint density at radius 3 is 2.58 bits per heavy atom. The highest BCUT2D eigenvalue weighted by molar-refractivity contribution is 5.63. The van der Waals surface area contributed by atoms with Gasteiger partial charge in [-0.05, 0) is 29.5 Å². The topological polar surface area (TPSA) is 35.5 Å². The molecule has 0 saturated heterocycles. The molecule has 0 fully saturated rings. The van der Waals surface area contributed by atoms with Gasteiger partial charge in [-0.2, -0.15) is 0 Å². The molecule has 0 radical (unpaired) electrons. The fourth-order valence-corrected chi connectivity index (χ4v) is 1.66. The van der Waals surface area contributed by atoms with E-state index >= 15 is 0 Å². The quantitative estimate of drug-likeness (QED) is 0.439. The molecule has 0 aliphatic carbocycles. The van der Waals surface area contributed by atoms with E-state index in [1.165, 1.54) is 0 Å². The van der Waals surface area contributed by atoms with Crippen LogP contribution in [0.3, 0.4) is 0 Å². The van der Waals surface area contributed by atoms with Gasteiger partial charge in [-0.15, -0.1) is 0 Å². The van der Waals surface area contributed by atoms with Crippen LogP contribution in [0.2, 0.25) is 0 Å². The molecule has 19 heavy (non-hydrogen) atoms. The van der Waals surface area contributed by atoms with Crippen molar-refractivity contribution in [2.24, 2.45) is 0 Å². The molecule has 0 atom stereocenters. The SMILES string of the molecule is CCCCCOC(=O)Oc1cccc(C(C)(C)C)c1. The number of carbonyl (C=O) groups excluding carboxylic acids is 1. The molecule has 0 unspecified atom stereocenters. The predicted octanol–water partition coefficient (Wildman–Crippen LogP) is 4.69. The number of benzene rings is 1. The van der Waals surface area contributed by atoms with Gasteiger partial charge >= 0.3 is 6.16 Å². The van der Waals surface area contributed by atoms with Crippen LogP contribution in [0.4, 0.5) is 4.79 Å². The summed E-state index contributed by atoms with van der Waals surface area (Å²) in [7, 11) is 0. The lowest BCUT2D eigenvalue weighted by Gasteiger charge is -2.19. The third-order valence-electron chi connectivity index (χ3n) is 2.87. The van der Waals surface area contributed by atoms with Crippen LogP contribution < -0.4 is 4.74 Å². The second kappa shape index (κ2) is 7.17. The van der Waals surface area contributed by atoms with Crippen LogP contribution in [0.25, 0.3) is 0 Å². The maximum atomic E-state index is 11.5. The van der Waals surface area contributed by atoms with Gasteiger partial charge in [0.25, 0.3) is 0 Å². The monoisotopic (exact) mass is 264 g/mol. The largest absolute Gasteiger partial charge is 0.513 e. The third-order valence-corrected chi connectivity index (χ3v) is 2.87. The lowest BCUT2D eigenvalue weighted by Crippen LogP contribution is -2.14. The second-order valence-electron chi connectivity index (χ2n) is 5.69. The molecule has 0 amide bonds.